The smallest absolute Gasteiger partial charge is 0.329 e. The van der Waals surface area contributed by atoms with Crippen LogP contribution >= 0.6 is 22.9 Å². The number of nitrogens with zero attached hydrogens (tertiary/aromatic N) is 1. The van der Waals surface area contributed by atoms with Crippen LogP contribution in [0.5, 0.6) is 5.75 Å². The van der Waals surface area contributed by atoms with E-state index in [1.807, 2.05) is 26.0 Å². The molecule has 1 fully saturated rings. The topological polar surface area (TPSA) is 63.7 Å². The van der Waals surface area contributed by atoms with Gasteiger partial charge in [0.2, 0.25) is 0 Å². The zero-order chi connectivity index (χ0) is 18.2. The molecule has 1 saturated heterocycles. The summed E-state index contributed by atoms with van der Waals surface area (Å²) in [7, 11) is -3.75. The van der Waals surface area contributed by atoms with Gasteiger partial charge in [0.25, 0.3) is 10.0 Å². The van der Waals surface area contributed by atoms with Gasteiger partial charge in [0.15, 0.2) is 0 Å². The Labute approximate surface area is 156 Å². The van der Waals surface area contributed by atoms with Crippen molar-refractivity contribution in [2.75, 3.05) is 6.54 Å². The number of sulfonamides is 1. The van der Waals surface area contributed by atoms with E-state index in [9.17, 15) is 13.2 Å². The monoisotopic (exact) mass is 399 g/mol. The Morgan fingerprint density at radius 3 is 2.68 bits per heavy atom. The third-order valence-corrected chi connectivity index (χ3v) is 7.73. The Bertz CT molecular complexity index is 907. The van der Waals surface area contributed by atoms with Gasteiger partial charge in [0.05, 0.1) is 4.34 Å². The fourth-order valence-electron chi connectivity index (χ4n) is 2.91. The number of esters is 1. The molecular weight excluding hydrogens is 382 g/mol. The Balaban J connectivity index is 1.82. The molecule has 3 rings (SSSR count). The highest BCUT2D eigenvalue weighted by molar-refractivity contribution is 7.91. The predicted molar refractivity (Wildman–Crippen MR) is 97.8 cm³/mol. The quantitative estimate of drug-likeness (QED) is 0.579. The number of carbonyl (C=O) groups is 1. The van der Waals surface area contributed by atoms with E-state index < -0.39 is 22.0 Å². The van der Waals surface area contributed by atoms with Gasteiger partial charge in [0.1, 0.15) is 16.0 Å². The van der Waals surface area contributed by atoms with E-state index in [0.717, 1.165) is 22.5 Å². The van der Waals surface area contributed by atoms with Crippen molar-refractivity contribution in [1.82, 2.24) is 4.31 Å². The van der Waals surface area contributed by atoms with Crippen molar-refractivity contribution in [1.29, 1.82) is 0 Å². The van der Waals surface area contributed by atoms with Gasteiger partial charge in [-0.25, -0.2) is 13.2 Å². The Morgan fingerprint density at radius 1 is 1.28 bits per heavy atom. The second kappa shape index (κ2) is 7.07. The summed E-state index contributed by atoms with van der Waals surface area (Å²) in [6.45, 7) is 4.10. The van der Waals surface area contributed by atoms with Crippen molar-refractivity contribution >= 4 is 38.9 Å². The molecule has 25 heavy (non-hydrogen) atoms. The van der Waals surface area contributed by atoms with E-state index in [1.54, 1.807) is 6.07 Å². The van der Waals surface area contributed by atoms with Crippen molar-refractivity contribution in [3.05, 3.63) is 45.8 Å². The Hall–Kier alpha value is -1.41. The molecule has 0 radical (unpaired) electrons. The summed E-state index contributed by atoms with van der Waals surface area (Å²) in [5, 5.41) is 0. The van der Waals surface area contributed by atoms with Crippen LogP contribution < -0.4 is 4.74 Å². The normalized spacial score (nSPS) is 18.4. The van der Waals surface area contributed by atoms with E-state index in [4.69, 9.17) is 16.3 Å². The number of hydrogen-bond donors (Lipinski definition) is 0. The lowest BCUT2D eigenvalue weighted by Gasteiger charge is -2.22. The highest BCUT2D eigenvalue weighted by atomic mass is 35.5. The van der Waals surface area contributed by atoms with E-state index in [-0.39, 0.29) is 4.21 Å². The minimum absolute atomic E-state index is 0.142. The summed E-state index contributed by atoms with van der Waals surface area (Å²) in [5.74, 6) is -0.0882. The fraction of sp³-hybridized carbons (Fsp3) is 0.353. The standard InChI is InChI=1S/C17H18ClNO4S2/c1-11-5-6-14(12(2)10-11)23-17(20)13-4-3-9-19(13)25(21,22)16-8-7-15(18)24-16/h5-8,10,13H,3-4,9H2,1-2H3/t13-/m1/s1. The van der Waals surface area contributed by atoms with E-state index in [2.05, 4.69) is 0 Å². The van der Waals surface area contributed by atoms with Crippen LogP contribution in [0, 0.1) is 13.8 Å². The highest BCUT2D eigenvalue weighted by Crippen LogP contribution is 2.33. The van der Waals surface area contributed by atoms with Crippen LogP contribution in [0.25, 0.3) is 0 Å². The van der Waals surface area contributed by atoms with Gasteiger partial charge < -0.3 is 4.74 Å². The van der Waals surface area contributed by atoms with Gasteiger partial charge >= 0.3 is 5.97 Å². The van der Waals surface area contributed by atoms with Crippen molar-refractivity contribution < 1.29 is 17.9 Å². The first kappa shape index (κ1) is 18.4. The van der Waals surface area contributed by atoms with Crippen LogP contribution in [-0.4, -0.2) is 31.3 Å². The first-order valence-electron chi connectivity index (χ1n) is 7.85. The van der Waals surface area contributed by atoms with Crippen LogP contribution in [0.3, 0.4) is 0 Å². The van der Waals surface area contributed by atoms with Gasteiger partial charge in [-0.1, -0.05) is 29.3 Å². The van der Waals surface area contributed by atoms with Crippen LogP contribution in [-0.2, 0) is 14.8 Å². The first-order chi connectivity index (χ1) is 11.8. The minimum Gasteiger partial charge on any atom is -0.425 e. The molecule has 8 heteroatoms. The number of thiophene rings is 1. The van der Waals surface area contributed by atoms with Gasteiger partial charge in [-0.3, -0.25) is 0 Å². The summed E-state index contributed by atoms with van der Waals surface area (Å²) in [5.41, 5.74) is 1.91. The first-order valence-corrected chi connectivity index (χ1v) is 10.5. The zero-order valence-electron chi connectivity index (χ0n) is 13.9. The predicted octanol–water partition coefficient (Wildman–Crippen LogP) is 3.78. The number of benzene rings is 1. The summed E-state index contributed by atoms with van der Waals surface area (Å²) in [6, 6.07) is 7.69. The summed E-state index contributed by atoms with van der Waals surface area (Å²) in [4.78, 5) is 12.6. The Kier molecular flexibility index (Phi) is 5.20. The van der Waals surface area contributed by atoms with Crippen LogP contribution in [0.4, 0.5) is 0 Å². The second-order valence-electron chi connectivity index (χ2n) is 6.02. The third kappa shape index (κ3) is 3.74. The number of aryl methyl sites for hydroxylation is 2. The molecule has 0 bridgehead atoms. The maximum atomic E-state index is 12.8. The second-order valence-corrected chi connectivity index (χ2v) is 9.85. The van der Waals surface area contributed by atoms with Crippen LogP contribution in [0.1, 0.15) is 24.0 Å². The molecule has 0 aliphatic carbocycles. The minimum atomic E-state index is -3.75. The van der Waals surface area contributed by atoms with Gasteiger partial charge in [-0.15, -0.1) is 11.3 Å². The molecule has 0 amide bonds. The molecule has 1 aromatic heterocycles. The highest BCUT2D eigenvalue weighted by Gasteiger charge is 2.41. The average Bonchev–Trinajstić information content (AvgIpc) is 3.19. The third-order valence-electron chi connectivity index (χ3n) is 4.13. The summed E-state index contributed by atoms with van der Waals surface area (Å²) in [6.07, 6.45) is 1.06. The average molecular weight is 400 g/mol. The molecule has 134 valence electrons. The molecule has 1 aliphatic rings. The maximum absolute atomic E-state index is 12.8. The molecule has 2 heterocycles. The lowest BCUT2D eigenvalue weighted by atomic mass is 10.1. The Morgan fingerprint density at radius 2 is 2.04 bits per heavy atom. The van der Waals surface area contributed by atoms with Crippen molar-refractivity contribution in [3.8, 4) is 5.75 Å². The van der Waals surface area contributed by atoms with Crippen LogP contribution in [0.15, 0.2) is 34.5 Å². The summed E-state index contributed by atoms with van der Waals surface area (Å²) >= 11 is 6.84. The molecule has 0 saturated carbocycles. The van der Waals surface area contributed by atoms with E-state index >= 15 is 0 Å². The molecule has 1 atom stereocenters. The van der Waals surface area contributed by atoms with Gasteiger partial charge in [0, 0.05) is 6.54 Å². The number of hydrogen-bond acceptors (Lipinski definition) is 5. The van der Waals surface area contributed by atoms with Crippen molar-refractivity contribution in [2.45, 2.75) is 36.9 Å². The molecule has 0 N–H and O–H groups in total. The largest absolute Gasteiger partial charge is 0.425 e. The number of rotatable bonds is 4. The number of ether oxygens (including phenoxy) is 1. The van der Waals surface area contributed by atoms with E-state index in [0.29, 0.717) is 29.5 Å². The van der Waals surface area contributed by atoms with Crippen molar-refractivity contribution in [2.24, 2.45) is 0 Å². The van der Waals surface area contributed by atoms with Crippen LogP contribution in [0.2, 0.25) is 4.34 Å². The van der Waals surface area contributed by atoms with E-state index in [1.165, 1.54) is 16.4 Å². The molecule has 5 nitrogen and oxygen atoms in total. The molecule has 0 spiro atoms. The zero-order valence-corrected chi connectivity index (χ0v) is 16.2. The maximum Gasteiger partial charge on any atom is 0.329 e. The molecule has 2 aromatic rings. The van der Waals surface area contributed by atoms with Gasteiger partial charge in [-0.05, 0) is 50.5 Å². The lowest BCUT2D eigenvalue weighted by Crippen LogP contribution is -2.42. The molecule has 1 aromatic carbocycles. The SMILES string of the molecule is Cc1ccc(OC(=O)[C@H]2CCCN2S(=O)(=O)c2ccc(Cl)s2)c(C)c1. The summed E-state index contributed by atoms with van der Waals surface area (Å²) < 4.78 is 32.8. The number of halogens is 1. The molecular formula is C17H18ClNO4S2. The number of carbonyl (C=O) groups excluding carboxylic acids is 1. The molecule has 0 unspecified atom stereocenters. The molecule has 1 aliphatic heterocycles. The van der Waals surface area contributed by atoms with Gasteiger partial charge in [-0.2, -0.15) is 4.31 Å². The lowest BCUT2D eigenvalue weighted by molar-refractivity contribution is -0.138. The van der Waals surface area contributed by atoms with Crippen molar-refractivity contribution in [3.63, 3.8) is 0 Å². The fourth-order valence-corrected chi connectivity index (χ4v) is 6.16.